The highest BCUT2D eigenvalue weighted by Crippen LogP contribution is 2.27. The van der Waals surface area contributed by atoms with Crippen molar-refractivity contribution in [3.8, 4) is 0 Å². The van der Waals surface area contributed by atoms with Gasteiger partial charge in [-0.15, -0.1) is 24.2 Å². The van der Waals surface area contributed by atoms with Gasteiger partial charge in [0.1, 0.15) is 0 Å². The highest BCUT2D eigenvalue weighted by molar-refractivity contribution is 8.00. The monoisotopic (exact) mass is 312 g/mol. The molecule has 3 rings (SSSR count). The minimum atomic E-state index is 0. The molecule has 1 aliphatic carbocycles. The van der Waals surface area contributed by atoms with E-state index in [2.05, 4.69) is 28.8 Å². The number of amides is 1. The van der Waals surface area contributed by atoms with Gasteiger partial charge in [0.15, 0.2) is 0 Å². The predicted octanol–water partition coefficient (Wildman–Crippen LogP) is 2.02. The molecule has 1 aliphatic heterocycles. The van der Waals surface area contributed by atoms with Crippen LogP contribution in [0.3, 0.4) is 0 Å². The van der Waals surface area contributed by atoms with Crippen LogP contribution in [-0.2, 0) is 17.6 Å². The number of rotatable bonds is 5. The molecule has 0 aromatic heterocycles. The van der Waals surface area contributed by atoms with Gasteiger partial charge in [0.05, 0.1) is 5.75 Å². The van der Waals surface area contributed by atoms with E-state index < -0.39 is 0 Å². The zero-order valence-electron chi connectivity index (χ0n) is 11.5. The van der Waals surface area contributed by atoms with Crippen LogP contribution in [0.5, 0.6) is 0 Å². The van der Waals surface area contributed by atoms with E-state index in [-0.39, 0.29) is 18.3 Å². The standard InChI is InChI=1S/C15H20N2OS.ClH/c18-15(17-9-11-7-16-8-11)10-19-14-5-4-12-2-1-3-13(12)6-14;/h4-6,11,16H,1-3,7-10H2,(H,17,18);1H. The fourth-order valence-corrected chi connectivity index (χ4v) is 3.38. The Bertz CT molecular complexity index is 477. The van der Waals surface area contributed by atoms with E-state index in [9.17, 15) is 4.79 Å². The van der Waals surface area contributed by atoms with Crippen molar-refractivity contribution in [2.45, 2.75) is 24.2 Å². The number of benzene rings is 1. The Kier molecular flexibility index (Phi) is 5.75. The maximum absolute atomic E-state index is 11.7. The molecule has 1 aromatic carbocycles. The predicted molar refractivity (Wildman–Crippen MR) is 85.8 cm³/mol. The lowest BCUT2D eigenvalue weighted by Crippen LogP contribution is -2.48. The smallest absolute Gasteiger partial charge is 0.230 e. The van der Waals surface area contributed by atoms with E-state index in [0.717, 1.165) is 19.6 Å². The first-order valence-electron chi connectivity index (χ1n) is 7.03. The molecule has 5 heteroatoms. The van der Waals surface area contributed by atoms with Gasteiger partial charge in [-0.2, -0.15) is 0 Å². The van der Waals surface area contributed by atoms with E-state index >= 15 is 0 Å². The van der Waals surface area contributed by atoms with E-state index in [1.807, 2.05) is 0 Å². The zero-order valence-corrected chi connectivity index (χ0v) is 13.1. The first-order valence-corrected chi connectivity index (χ1v) is 8.02. The van der Waals surface area contributed by atoms with Crippen LogP contribution < -0.4 is 10.6 Å². The number of aryl methyl sites for hydroxylation is 2. The Balaban J connectivity index is 0.00000147. The molecule has 0 saturated carbocycles. The molecule has 0 unspecified atom stereocenters. The van der Waals surface area contributed by atoms with Crippen molar-refractivity contribution in [1.29, 1.82) is 0 Å². The van der Waals surface area contributed by atoms with Crippen molar-refractivity contribution in [3.63, 3.8) is 0 Å². The van der Waals surface area contributed by atoms with Crippen molar-refractivity contribution in [2.24, 2.45) is 5.92 Å². The van der Waals surface area contributed by atoms with Crippen LogP contribution in [0.15, 0.2) is 23.1 Å². The molecular weight excluding hydrogens is 292 g/mol. The number of halogens is 1. The van der Waals surface area contributed by atoms with E-state index in [1.165, 1.54) is 35.3 Å². The number of thioether (sulfide) groups is 1. The summed E-state index contributed by atoms with van der Waals surface area (Å²) in [5, 5.41) is 6.22. The molecule has 1 heterocycles. The van der Waals surface area contributed by atoms with Crippen LogP contribution >= 0.6 is 24.2 Å². The Labute approximate surface area is 130 Å². The summed E-state index contributed by atoms with van der Waals surface area (Å²) in [7, 11) is 0. The summed E-state index contributed by atoms with van der Waals surface area (Å²) in [5.41, 5.74) is 2.97. The Morgan fingerprint density at radius 1 is 1.30 bits per heavy atom. The van der Waals surface area contributed by atoms with Gasteiger partial charge in [0.25, 0.3) is 0 Å². The van der Waals surface area contributed by atoms with Crippen LogP contribution in [0.2, 0.25) is 0 Å². The van der Waals surface area contributed by atoms with Crippen LogP contribution in [0.4, 0.5) is 0 Å². The molecule has 0 bridgehead atoms. The van der Waals surface area contributed by atoms with Crippen LogP contribution in [0.25, 0.3) is 0 Å². The number of fused-ring (bicyclic) bond motifs is 1. The lowest BCUT2D eigenvalue weighted by molar-refractivity contribution is -0.118. The molecule has 110 valence electrons. The largest absolute Gasteiger partial charge is 0.355 e. The van der Waals surface area contributed by atoms with Crippen molar-refractivity contribution in [1.82, 2.24) is 10.6 Å². The third-order valence-corrected chi connectivity index (χ3v) is 4.89. The molecule has 3 nitrogen and oxygen atoms in total. The zero-order chi connectivity index (χ0) is 13.1. The number of nitrogens with one attached hydrogen (secondary N) is 2. The van der Waals surface area contributed by atoms with Crippen molar-refractivity contribution >= 4 is 30.1 Å². The highest BCUT2D eigenvalue weighted by Gasteiger charge is 2.17. The van der Waals surface area contributed by atoms with Gasteiger partial charge in [-0.25, -0.2) is 0 Å². The van der Waals surface area contributed by atoms with Crippen LogP contribution in [0.1, 0.15) is 17.5 Å². The lowest BCUT2D eigenvalue weighted by atomic mass is 10.0. The second kappa shape index (κ2) is 7.34. The Morgan fingerprint density at radius 3 is 2.85 bits per heavy atom. The fraction of sp³-hybridized carbons (Fsp3) is 0.533. The molecule has 20 heavy (non-hydrogen) atoms. The average Bonchev–Trinajstić information content (AvgIpc) is 2.81. The topological polar surface area (TPSA) is 41.1 Å². The number of hydrogen-bond donors (Lipinski definition) is 2. The summed E-state index contributed by atoms with van der Waals surface area (Å²) < 4.78 is 0. The molecule has 1 amide bonds. The molecule has 0 atom stereocenters. The fourth-order valence-electron chi connectivity index (χ4n) is 2.59. The van der Waals surface area contributed by atoms with Crippen LogP contribution in [-0.4, -0.2) is 31.3 Å². The lowest BCUT2D eigenvalue weighted by Gasteiger charge is -2.27. The van der Waals surface area contributed by atoms with Crippen molar-refractivity contribution in [3.05, 3.63) is 29.3 Å². The molecular formula is C15H21ClN2OS. The summed E-state index contributed by atoms with van der Waals surface area (Å²) in [6, 6.07) is 6.64. The summed E-state index contributed by atoms with van der Waals surface area (Å²) in [4.78, 5) is 13.0. The quantitative estimate of drug-likeness (QED) is 0.817. The minimum Gasteiger partial charge on any atom is -0.355 e. The molecule has 2 aliphatic rings. The Hall–Kier alpha value is -0.710. The number of carbonyl (C=O) groups is 1. The number of hydrogen-bond acceptors (Lipinski definition) is 3. The maximum atomic E-state index is 11.7. The Morgan fingerprint density at radius 2 is 2.10 bits per heavy atom. The molecule has 0 spiro atoms. The van der Waals surface area contributed by atoms with Gasteiger partial charge in [-0.1, -0.05) is 6.07 Å². The average molecular weight is 313 g/mol. The molecule has 0 radical (unpaired) electrons. The molecule has 1 saturated heterocycles. The van der Waals surface area contributed by atoms with E-state index in [1.54, 1.807) is 11.8 Å². The first kappa shape index (κ1) is 15.7. The van der Waals surface area contributed by atoms with Gasteiger partial charge in [-0.05, 0) is 42.5 Å². The van der Waals surface area contributed by atoms with E-state index in [4.69, 9.17) is 0 Å². The summed E-state index contributed by atoms with van der Waals surface area (Å²) in [5.74, 6) is 1.31. The van der Waals surface area contributed by atoms with Gasteiger partial charge in [-0.3, -0.25) is 4.79 Å². The first-order chi connectivity index (χ1) is 9.31. The van der Waals surface area contributed by atoms with Gasteiger partial charge >= 0.3 is 0 Å². The minimum absolute atomic E-state index is 0. The molecule has 2 N–H and O–H groups in total. The highest BCUT2D eigenvalue weighted by atomic mass is 35.5. The normalized spacial score (nSPS) is 17.0. The summed E-state index contributed by atoms with van der Waals surface area (Å²) >= 11 is 1.64. The van der Waals surface area contributed by atoms with Crippen molar-refractivity contribution in [2.75, 3.05) is 25.4 Å². The third-order valence-electron chi connectivity index (χ3n) is 3.89. The molecule has 1 aromatic rings. The van der Waals surface area contributed by atoms with E-state index in [0.29, 0.717) is 11.7 Å². The SMILES string of the molecule is Cl.O=C(CSc1ccc2c(c1)CCC2)NCC1CNC1. The third kappa shape index (κ3) is 3.90. The second-order valence-corrected chi connectivity index (χ2v) is 6.45. The summed E-state index contributed by atoms with van der Waals surface area (Å²) in [6.45, 7) is 2.90. The van der Waals surface area contributed by atoms with Gasteiger partial charge in [0, 0.05) is 30.4 Å². The summed E-state index contributed by atoms with van der Waals surface area (Å²) in [6.07, 6.45) is 3.69. The van der Waals surface area contributed by atoms with Crippen molar-refractivity contribution < 1.29 is 4.79 Å². The second-order valence-electron chi connectivity index (χ2n) is 5.40. The molecule has 1 fully saturated rings. The number of carbonyl (C=O) groups excluding carboxylic acids is 1. The van der Waals surface area contributed by atoms with Crippen LogP contribution in [0, 0.1) is 5.92 Å². The maximum Gasteiger partial charge on any atom is 0.230 e. The van der Waals surface area contributed by atoms with Gasteiger partial charge < -0.3 is 10.6 Å². The van der Waals surface area contributed by atoms with Gasteiger partial charge in [0.2, 0.25) is 5.91 Å².